The zero-order valence-corrected chi connectivity index (χ0v) is 19.8. The van der Waals surface area contributed by atoms with Crippen LogP contribution in [0.3, 0.4) is 0 Å². The third kappa shape index (κ3) is 17.5. The fraction of sp³-hybridized carbons (Fsp3) is 0.750. The van der Waals surface area contributed by atoms with Crippen molar-refractivity contribution in [2.24, 2.45) is 0 Å². The molecule has 0 saturated heterocycles. The zero-order chi connectivity index (χ0) is 21.5. The van der Waals surface area contributed by atoms with E-state index in [1.807, 2.05) is 30.3 Å². The van der Waals surface area contributed by atoms with E-state index in [1.165, 1.54) is 103 Å². The van der Waals surface area contributed by atoms with Crippen LogP contribution in [0.5, 0.6) is 0 Å². The molecule has 30 heavy (non-hydrogen) atoms. The highest BCUT2D eigenvalue weighted by molar-refractivity contribution is 5.69. The summed E-state index contributed by atoms with van der Waals surface area (Å²) < 4.78 is 5.32. The van der Waals surface area contributed by atoms with Crippen molar-refractivity contribution in [2.45, 2.75) is 136 Å². The third-order valence-corrected chi connectivity index (χ3v) is 5.98. The van der Waals surface area contributed by atoms with Crippen LogP contribution in [0.25, 0.3) is 0 Å². The molecule has 172 valence electrons. The Balaban J connectivity index is 1.73. The van der Waals surface area contributed by atoms with Gasteiger partial charge in [-0.25, -0.2) is 0 Å². The molecular formula is C28H48O2. The molecule has 0 N–H and O–H groups in total. The number of ether oxygens (including phenoxy) is 1. The topological polar surface area (TPSA) is 26.3 Å². The van der Waals surface area contributed by atoms with E-state index in [9.17, 15) is 4.79 Å². The first-order chi connectivity index (χ1) is 14.8. The van der Waals surface area contributed by atoms with E-state index in [0.29, 0.717) is 13.0 Å². The average Bonchev–Trinajstić information content (AvgIpc) is 2.77. The number of hydrogen-bond acceptors (Lipinski definition) is 2. The molecule has 2 nitrogen and oxygen atoms in total. The van der Waals surface area contributed by atoms with Crippen molar-refractivity contribution < 1.29 is 9.53 Å². The van der Waals surface area contributed by atoms with Gasteiger partial charge in [0, 0.05) is 6.42 Å². The monoisotopic (exact) mass is 416 g/mol. The second kappa shape index (κ2) is 20.9. The summed E-state index contributed by atoms with van der Waals surface area (Å²) in [5, 5.41) is 0. The maximum atomic E-state index is 11.8. The Bertz CT molecular complexity index is 483. The van der Waals surface area contributed by atoms with Crippen LogP contribution in [-0.2, 0) is 16.1 Å². The quantitative estimate of drug-likeness (QED) is 0.147. The molecule has 0 aromatic heterocycles. The molecule has 0 aliphatic carbocycles. The van der Waals surface area contributed by atoms with Gasteiger partial charge in [0.1, 0.15) is 6.61 Å². The van der Waals surface area contributed by atoms with E-state index in [1.54, 1.807) is 0 Å². The fourth-order valence-corrected chi connectivity index (χ4v) is 3.98. The first-order valence-electron chi connectivity index (χ1n) is 13.0. The minimum atomic E-state index is -0.0599. The van der Waals surface area contributed by atoms with Crippen molar-refractivity contribution in [3.8, 4) is 0 Å². The summed E-state index contributed by atoms with van der Waals surface area (Å²) in [6.45, 7) is 2.69. The summed E-state index contributed by atoms with van der Waals surface area (Å²) in [5.74, 6) is -0.0599. The highest BCUT2D eigenvalue weighted by Gasteiger charge is 2.03. The van der Waals surface area contributed by atoms with Crippen LogP contribution in [0.4, 0.5) is 0 Å². The van der Waals surface area contributed by atoms with Gasteiger partial charge >= 0.3 is 5.97 Å². The van der Waals surface area contributed by atoms with Crippen LogP contribution in [-0.4, -0.2) is 5.97 Å². The standard InChI is InChI=1S/C28H48O2/c1-2-3-4-5-6-7-8-9-10-11-12-13-14-15-16-17-18-22-25-28(29)30-26-27-23-20-19-21-24-27/h19-21,23-24H,2-18,22,25-26H2,1H3. The maximum absolute atomic E-state index is 11.8. The molecule has 2 heteroatoms. The van der Waals surface area contributed by atoms with Crippen molar-refractivity contribution in [2.75, 3.05) is 0 Å². The van der Waals surface area contributed by atoms with Crippen molar-refractivity contribution in [3.63, 3.8) is 0 Å². The third-order valence-electron chi connectivity index (χ3n) is 5.98. The van der Waals surface area contributed by atoms with Crippen LogP contribution >= 0.6 is 0 Å². The fourth-order valence-electron chi connectivity index (χ4n) is 3.98. The second-order valence-corrected chi connectivity index (χ2v) is 8.91. The van der Waals surface area contributed by atoms with Gasteiger partial charge in [-0.05, 0) is 12.0 Å². The summed E-state index contributed by atoms with van der Waals surface area (Å²) in [4.78, 5) is 11.8. The molecule has 0 unspecified atom stereocenters. The molecule has 0 heterocycles. The number of rotatable bonds is 21. The van der Waals surface area contributed by atoms with Gasteiger partial charge in [-0.3, -0.25) is 4.79 Å². The number of carbonyl (C=O) groups is 1. The van der Waals surface area contributed by atoms with E-state index in [2.05, 4.69) is 6.92 Å². The molecule has 1 aromatic rings. The summed E-state index contributed by atoms with van der Waals surface area (Å²) >= 11 is 0. The molecular weight excluding hydrogens is 368 g/mol. The lowest BCUT2D eigenvalue weighted by Crippen LogP contribution is -2.04. The van der Waals surface area contributed by atoms with E-state index in [-0.39, 0.29) is 5.97 Å². The second-order valence-electron chi connectivity index (χ2n) is 8.91. The molecule has 0 radical (unpaired) electrons. The molecule has 0 bridgehead atoms. The average molecular weight is 417 g/mol. The Morgan fingerprint density at radius 3 is 1.43 bits per heavy atom. The van der Waals surface area contributed by atoms with E-state index in [4.69, 9.17) is 4.74 Å². The summed E-state index contributed by atoms with van der Waals surface area (Å²) in [6, 6.07) is 9.90. The van der Waals surface area contributed by atoms with E-state index >= 15 is 0 Å². The molecule has 0 fully saturated rings. The Hall–Kier alpha value is -1.31. The Labute approximate surface area is 187 Å². The predicted molar refractivity (Wildman–Crippen MR) is 130 cm³/mol. The van der Waals surface area contributed by atoms with Crippen molar-refractivity contribution in [3.05, 3.63) is 35.9 Å². The molecule has 1 aromatic carbocycles. The number of unbranched alkanes of at least 4 members (excludes halogenated alkanes) is 17. The summed E-state index contributed by atoms with van der Waals surface area (Å²) in [6.07, 6.45) is 25.2. The van der Waals surface area contributed by atoms with Crippen LogP contribution in [0, 0.1) is 0 Å². The molecule has 0 saturated carbocycles. The Kier molecular flexibility index (Phi) is 18.7. The first-order valence-corrected chi connectivity index (χ1v) is 13.0. The SMILES string of the molecule is CCCCCCCCCCCCCCCCCCCCC(=O)OCc1ccccc1. The molecule has 1 rings (SSSR count). The molecule has 0 atom stereocenters. The van der Waals surface area contributed by atoms with Gasteiger partial charge in [0.05, 0.1) is 0 Å². The molecule has 0 aliphatic rings. The highest BCUT2D eigenvalue weighted by Crippen LogP contribution is 2.14. The van der Waals surface area contributed by atoms with Gasteiger partial charge in [-0.15, -0.1) is 0 Å². The van der Waals surface area contributed by atoms with E-state index in [0.717, 1.165) is 18.4 Å². The first kappa shape index (κ1) is 26.7. The molecule has 0 aliphatic heterocycles. The van der Waals surface area contributed by atoms with Gasteiger partial charge in [0.25, 0.3) is 0 Å². The predicted octanol–water partition coefficient (Wildman–Crippen LogP) is 9.16. The highest BCUT2D eigenvalue weighted by atomic mass is 16.5. The lowest BCUT2D eigenvalue weighted by Gasteiger charge is -2.05. The van der Waals surface area contributed by atoms with Crippen LogP contribution in [0.2, 0.25) is 0 Å². The van der Waals surface area contributed by atoms with Crippen molar-refractivity contribution in [1.29, 1.82) is 0 Å². The van der Waals surface area contributed by atoms with Crippen LogP contribution < -0.4 is 0 Å². The summed E-state index contributed by atoms with van der Waals surface area (Å²) in [7, 11) is 0. The van der Waals surface area contributed by atoms with E-state index < -0.39 is 0 Å². The number of benzene rings is 1. The van der Waals surface area contributed by atoms with Crippen molar-refractivity contribution >= 4 is 5.97 Å². The number of esters is 1. The van der Waals surface area contributed by atoms with Gasteiger partial charge in [0.2, 0.25) is 0 Å². The lowest BCUT2D eigenvalue weighted by atomic mass is 10.0. The van der Waals surface area contributed by atoms with Crippen LogP contribution in [0.15, 0.2) is 30.3 Å². The van der Waals surface area contributed by atoms with Gasteiger partial charge in [0.15, 0.2) is 0 Å². The minimum absolute atomic E-state index is 0.0599. The van der Waals surface area contributed by atoms with Gasteiger partial charge in [-0.1, -0.05) is 146 Å². The van der Waals surface area contributed by atoms with Crippen LogP contribution in [0.1, 0.15) is 134 Å². The molecule has 0 spiro atoms. The van der Waals surface area contributed by atoms with Crippen molar-refractivity contribution in [1.82, 2.24) is 0 Å². The Morgan fingerprint density at radius 1 is 0.600 bits per heavy atom. The largest absolute Gasteiger partial charge is 0.461 e. The summed E-state index contributed by atoms with van der Waals surface area (Å²) in [5.41, 5.74) is 1.06. The lowest BCUT2D eigenvalue weighted by molar-refractivity contribution is -0.145. The number of hydrogen-bond donors (Lipinski definition) is 0. The number of carbonyl (C=O) groups excluding carboxylic acids is 1. The minimum Gasteiger partial charge on any atom is -0.461 e. The Morgan fingerprint density at radius 2 is 1.00 bits per heavy atom. The zero-order valence-electron chi connectivity index (χ0n) is 19.8. The maximum Gasteiger partial charge on any atom is 0.306 e. The molecule has 0 amide bonds. The van der Waals surface area contributed by atoms with Gasteiger partial charge < -0.3 is 4.74 Å². The van der Waals surface area contributed by atoms with Gasteiger partial charge in [-0.2, -0.15) is 0 Å². The normalized spacial score (nSPS) is 11.0. The smallest absolute Gasteiger partial charge is 0.306 e.